The molecule has 1 aliphatic heterocycles. The van der Waals surface area contributed by atoms with Crippen LogP contribution in [0.15, 0.2) is 24.3 Å². The van der Waals surface area contributed by atoms with Crippen molar-refractivity contribution in [3.8, 4) is 0 Å². The molecule has 1 heterocycles. The molecule has 0 N–H and O–H groups in total. The van der Waals surface area contributed by atoms with Gasteiger partial charge < -0.3 is 14.4 Å². The fraction of sp³-hybridized carbons (Fsp3) is 0.600. The number of amides is 1. The van der Waals surface area contributed by atoms with Crippen LogP contribution >= 0.6 is 11.6 Å². The van der Waals surface area contributed by atoms with Crippen molar-refractivity contribution in [3.63, 3.8) is 0 Å². The van der Waals surface area contributed by atoms with Crippen LogP contribution in [0.1, 0.15) is 57.1 Å². The normalized spacial score (nSPS) is 23.4. The van der Waals surface area contributed by atoms with E-state index < -0.39 is 0 Å². The molecule has 2 aliphatic rings. The Morgan fingerprint density at radius 1 is 1.36 bits per heavy atom. The molecule has 1 saturated heterocycles. The van der Waals surface area contributed by atoms with Crippen LogP contribution in [0.3, 0.4) is 0 Å². The number of benzene rings is 1. The number of nitrogens with zero attached hydrogens (tertiary/aromatic N) is 1. The predicted molar refractivity (Wildman–Crippen MR) is 97.5 cm³/mol. The third kappa shape index (κ3) is 4.24. The summed E-state index contributed by atoms with van der Waals surface area (Å²) in [6, 6.07) is 7.90. The Labute approximate surface area is 154 Å². The first-order valence-electron chi connectivity index (χ1n) is 9.19. The summed E-state index contributed by atoms with van der Waals surface area (Å²) in [5.41, 5.74) is 0.877. The average Bonchev–Trinajstić information content (AvgIpc) is 3.40. The molecule has 1 saturated carbocycles. The van der Waals surface area contributed by atoms with Crippen molar-refractivity contribution in [2.24, 2.45) is 5.41 Å². The molecule has 2 atom stereocenters. The second kappa shape index (κ2) is 7.88. The SMILES string of the molecule is CC[C@@H](COCC1(C=O)CC1)N1C(=O)CCCC1c1ccc(Cl)cc1. The third-order valence-corrected chi connectivity index (χ3v) is 5.71. The number of carbonyl (C=O) groups excluding carboxylic acids is 2. The maximum atomic E-state index is 12.7. The minimum atomic E-state index is -0.250. The molecule has 0 aromatic heterocycles. The van der Waals surface area contributed by atoms with Crippen molar-refractivity contribution in [1.29, 1.82) is 0 Å². The first kappa shape index (κ1) is 18.4. The number of aldehydes is 1. The number of ether oxygens (including phenoxy) is 1. The van der Waals surface area contributed by atoms with Gasteiger partial charge in [0.05, 0.1) is 25.3 Å². The maximum Gasteiger partial charge on any atom is 0.223 e. The summed E-state index contributed by atoms with van der Waals surface area (Å²) in [5, 5.41) is 0.705. The van der Waals surface area contributed by atoms with Gasteiger partial charge in [0.15, 0.2) is 0 Å². The Morgan fingerprint density at radius 2 is 2.08 bits per heavy atom. The highest BCUT2D eigenvalue weighted by atomic mass is 35.5. The summed E-state index contributed by atoms with van der Waals surface area (Å²) < 4.78 is 5.86. The molecule has 1 unspecified atom stereocenters. The summed E-state index contributed by atoms with van der Waals surface area (Å²) in [5.74, 6) is 0.193. The molecule has 0 spiro atoms. The zero-order valence-corrected chi connectivity index (χ0v) is 15.5. The van der Waals surface area contributed by atoms with Crippen LogP contribution in [0, 0.1) is 5.41 Å². The van der Waals surface area contributed by atoms with Gasteiger partial charge >= 0.3 is 0 Å². The number of hydrogen-bond donors (Lipinski definition) is 0. The van der Waals surface area contributed by atoms with E-state index in [-0.39, 0.29) is 23.4 Å². The molecular formula is C20H26ClNO3. The van der Waals surface area contributed by atoms with Gasteiger partial charge in [0.2, 0.25) is 5.91 Å². The van der Waals surface area contributed by atoms with E-state index in [1.54, 1.807) is 0 Å². The van der Waals surface area contributed by atoms with Crippen molar-refractivity contribution < 1.29 is 14.3 Å². The number of rotatable bonds is 8. The maximum absolute atomic E-state index is 12.7. The lowest BCUT2D eigenvalue weighted by Crippen LogP contribution is -2.47. The Morgan fingerprint density at radius 3 is 2.68 bits per heavy atom. The minimum Gasteiger partial charge on any atom is -0.378 e. The van der Waals surface area contributed by atoms with Gasteiger partial charge in [-0.15, -0.1) is 0 Å². The molecule has 5 heteroatoms. The average molecular weight is 364 g/mol. The first-order valence-corrected chi connectivity index (χ1v) is 9.57. The summed E-state index contributed by atoms with van der Waals surface area (Å²) in [4.78, 5) is 25.8. The quantitative estimate of drug-likeness (QED) is 0.651. The van der Waals surface area contributed by atoms with Crippen molar-refractivity contribution in [1.82, 2.24) is 4.90 Å². The van der Waals surface area contributed by atoms with Crippen LogP contribution in [-0.2, 0) is 14.3 Å². The number of hydrogen-bond acceptors (Lipinski definition) is 3. The van der Waals surface area contributed by atoms with Gasteiger partial charge in [-0.2, -0.15) is 0 Å². The molecular weight excluding hydrogens is 338 g/mol. The van der Waals surface area contributed by atoms with E-state index in [2.05, 4.69) is 6.92 Å². The van der Waals surface area contributed by atoms with Crippen LogP contribution in [0.25, 0.3) is 0 Å². The Hall–Kier alpha value is -1.39. The second-order valence-electron chi connectivity index (χ2n) is 7.32. The van der Waals surface area contributed by atoms with E-state index in [1.807, 2.05) is 29.2 Å². The number of piperidine rings is 1. The molecule has 0 bridgehead atoms. The minimum absolute atomic E-state index is 0.0379. The lowest BCUT2D eigenvalue weighted by Gasteiger charge is -2.41. The van der Waals surface area contributed by atoms with E-state index in [4.69, 9.17) is 16.3 Å². The molecule has 3 rings (SSSR count). The molecule has 1 amide bonds. The fourth-order valence-electron chi connectivity index (χ4n) is 3.61. The van der Waals surface area contributed by atoms with Gasteiger partial charge in [-0.25, -0.2) is 0 Å². The number of carbonyl (C=O) groups is 2. The van der Waals surface area contributed by atoms with Gasteiger partial charge in [0.25, 0.3) is 0 Å². The van der Waals surface area contributed by atoms with E-state index in [0.29, 0.717) is 24.7 Å². The van der Waals surface area contributed by atoms with Gasteiger partial charge in [-0.3, -0.25) is 4.79 Å². The van der Waals surface area contributed by atoms with Gasteiger partial charge in [0.1, 0.15) is 6.29 Å². The summed E-state index contributed by atoms with van der Waals surface area (Å²) >= 11 is 6.01. The van der Waals surface area contributed by atoms with Gasteiger partial charge in [-0.05, 0) is 49.8 Å². The molecule has 1 aliphatic carbocycles. The monoisotopic (exact) mass is 363 g/mol. The van der Waals surface area contributed by atoms with Crippen LogP contribution in [0.5, 0.6) is 0 Å². The van der Waals surface area contributed by atoms with Crippen LogP contribution in [0.4, 0.5) is 0 Å². The summed E-state index contributed by atoms with van der Waals surface area (Å²) in [6.45, 7) is 3.05. The lowest BCUT2D eigenvalue weighted by atomic mass is 9.92. The third-order valence-electron chi connectivity index (χ3n) is 5.45. The zero-order valence-electron chi connectivity index (χ0n) is 14.7. The van der Waals surface area contributed by atoms with Crippen LogP contribution in [0.2, 0.25) is 5.02 Å². The molecule has 1 aromatic rings. The van der Waals surface area contributed by atoms with Crippen molar-refractivity contribution in [3.05, 3.63) is 34.9 Å². The second-order valence-corrected chi connectivity index (χ2v) is 7.75. The Balaban J connectivity index is 1.70. The van der Waals surface area contributed by atoms with E-state index in [1.165, 1.54) is 0 Å². The Bertz CT molecular complexity index is 612. The van der Waals surface area contributed by atoms with Crippen molar-refractivity contribution in [2.75, 3.05) is 13.2 Å². The Kier molecular flexibility index (Phi) is 5.80. The van der Waals surface area contributed by atoms with Crippen molar-refractivity contribution >= 4 is 23.8 Å². The van der Waals surface area contributed by atoms with Gasteiger partial charge in [-0.1, -0.05) is 30.7 Å². The number of likely N-dealkylation sites (tertiary alicyclic amines) is 1. The molecule has 0 radical (unpaired) electrons. The highest BCUT2D eigenvalue weighted by Gasteiger charge is 2.43. The summed E-state index contributed by atoms with van der Waals surface area (Å²) in [7, 11) is 0. The first-order chi connectivity index (χ1) is 12.1. The number of halogens is 1. The molecule has 1 aromatic carbocycles. The van der Waals surface area contributed by atoms with Gasteiger partial charge in [0, 0.05) is 16.9 Å². The lowest BCUT2D eigenvalue weighted by molar-refractivity contribution is -0.142. The molecule has 25 heavy (non-hydrogen) atoms. The van der Waals surface area contributed by atoms with E-state index >= 15 is 0 Å². The van der Waals surface area contributed by atoms with E-state index in [9.17, 15) is 9.59 Å². The molecule has 136 valence electrons. The highest BCUT2D eigenvalue weighted by Crippen LogP contribution is 2.43. The van der Waals surface area contributed by atoms with Crippen LogP contribution < -0.4 is 0 Å². The zero-order chi connectivity index (χ0) is 17.9. The smallest absolute Gasteiger partial charge is 0.223 e. The topological polar surface area (TPSA) is 46.6 Å². The van der Waals surface area contributed by atoms with E-state index in [0.717, 1.165) is 44.0 Å². The predicted octanol–water partition coefficient (Wildman–Crippen LogP) is 4.17. The standard InChI is InChI=1S/C20H26ClNO3/c1-2-17(12-25-14-20(13-23)10-11-20)22-18(4-3-5-19(22)24)15-6-8-16(21)9-7-15/h6-9,13,17-18H,2-5,10-12,14H2,1H3/t17-,18?/m0/s1. The molecule has 4 nitrogen and oxygen atoms in total. The van der Waals surface area contributed by atoms with Crippen molar-refractivity contribution in [2.45, 2.75) is 57.5 Å². The highest BCUT2D eigenvalue weighted by molar-refractivity contribution is 6.30. The molecule has 2 fully saturated rings. The van der Waals surface area contributed by atoms with Crippen LogP contribution in [-0.4, -0.2) is 36.3 Å². The fourth-order valence-corrected chi connectivity index (χ4v) is 3.73. The largest absolute Gasteiger partial charge is 0.378 e. The summed E-state index contributed by atoms with van der Waals surface area (Å²) in [6.07, 6.45) is 6.17.